The first-order valence-corrected chi connectivity index (χ1v) is 8.91. The van der Waals surface area contributed by atoms with Gasteiger partial charge in [0.15, 0.2) is 0 Å². The molecule has 1 fully saturated rings. The summed E-state index contributed by atoms with van der Waals surface area (Å²) >= 11 is 0. The number of likely N-dealkylation sites (N-methyl/N-ethyl adjacent to an activating group) is 1. The van der Waals surface area contributed by atoms with Crippen LogP contribution in [0.25, 0.3) is 0 Å². The summed E-state index contributed by atoms with van der Waals surface area (Å²) in [6, 6.07) is 10.1. The number of piperazine rings is 1. The van der Waals surface area contributed by atoms with Crippen molar-refractivity contribution in [3.05, 3.63) is 53.2 Å². The Morgan fingerprint density at radius 3 is 2.88 bits per heavy atom. The Morgan fingerprint density at radius 2 is 2.08 bits per heavy atom. The van der Waals surface area contributed by atoms with Crippen LogP contribution in [0, 0.1) is 0 Å². The van der Waals surface area contributed by atoms with E-state index in [2.05, 4.69) is 17.1 Å². The fraction of sp³-hybridized carbons (Fsp3) is 0.350. The van der Waals surface area contributed by atoms with Crippen molar-refractivity contribution >= 4 is 17.4 Å². The van der Waals surface area contributed by atoms with Crippen LogP contribution in [-0.2, 0) is 11.3 Å². The molecule has 6 heteroatoms. The van der Waals surface area contributed by atoms with Gasteiger partial charge < -0.3 is 14.5 Å². The van der Waals surface area contributed by atoms with E-state index in [1.807, 2.05) is 37.1 Å². The third-order valence-electron chi connectivity index (χ3n) is 4.86. The molecule has 0 bridgehead atoms. The lowest BCUT2D eigenvalue weighted by molar-refractivity contribution is -0.129. The predicted octanol–water partition coefficient (Wildman–Crippen LogP) is 2.11. The minimum atomic E-state index is 0.119. The van der Waals surface area contributed by atoms with E-state index in [-0.39, 0.29) is 5.91 Å². The summed E-state index contributed by atoms with van der Waals surface area (Å²) < 4.78 is 5.64. The topological polar surface area (TPSA) is 58.0 Å². The molecule has 6 nitrogen and oxygen atoms in total. The number of hydrogen-bond acceptors (Lipinski definition) is 5. The average molecular weight is 350 g/mol. The molecule has 1 amide bonds. The van der Waals surface area contributed by atoms with Gasteiger partial charge in [0.1, 0.15) is 11.6 Å². The molecule has 2 aliphatic rings. The monoisotopic (exact) mass is 350 g/mol. The number of carbonyl (C=O) groups is 1. The Kier molecular flexibility index (Phi) is 4.32. The Hall–Kier alpha value is -2.89. The van der Waals surface area contributed by atoms with E-state index in [1.165, 1.54) is 5.56 Å². The Morgan fingerprint density at radius 1 is 1.19 bits per heavy atom. The second-order valence-electron chi connectivity index (χ2n) is 6.56. The van der Waals surface area contributed by atoms with Gasteiger partial charge in [0.2, 0.25) is 5.91 Å². The highest BCUT2D eigenvalue weighted by molar-refractivity contribution is 6.15. The van der Waals surface area contributed by atoms with E-state index in [9.17, 15) is 4.79 Å². The smallest absolute Gasteiger partial charge is 0.241 e. The van der Waals surface area contributed by atoms with Gasteiger partial charge in [-0.2, -0.15) is 0 Å². The molecule has 3 heterocycles. The van der Waals surface area contributed by atoms with Crippen molar-refractivity contribution in [2.24, 2.45) is 4.99 Å². The normalized spacial score (nSPS) is 16.5. The van der Waals surface area contributed by atoms with Crippen LogP contribution in [0.5, 0.6) is 5.75 Å². The van der Waals surface area contributed by atoms with Gasteiger partial charge in [-0.1, -0.05) is 6.07 Å². The van der Waals surface area contributed by atoms with Gasteiger partial charge in [-0.05, 0) is 36.8 Å². The highest BCUT2D eigenvalue weighted by Gasteiger charge is 2.23. The number of aliphatic imine (C=N–C) groups is 1. The van der Waals surface area contributed by atoms with Gasteiger partial charge in [-0.25, -0.2) is 4.98 Å². The fourth-order valence-electron chi connectivity index (χ4n) is 3.36. The van der Waals surface area contributed by atoms with Crippen molar-refractivity contribution in [3.63, 3.8) is 0 Å². The first-order chi connectivity index (χ1) is 12.7. The number of benzene rings is 1. The van der Waals surface area contributed by atoms with Crippen LogP contribution < -0.4 is 9.64 Å². The second-order valence-corrected chi connectivity index (χ2v) is 6.56. The molecule has 0 saturated carbocycles. The Bertz CT molecular complexity index is 878. The largest absolute Gasteiger partial charge is 0.494 e. The molecular formula is C20H22N4O2. The van der Waals surface area contributed by atoms with Gasteiger partial charge >= 0.3 is 0 Å². The number of aromatic nitrogens is 1. The molecule has 0 radical (unpaired) electrons. The molecule has 4 rings (SSSR count). The summed E-state index contributed by atoms with van der Waals surface area (Å²) in [7, 11) is 1.84. The minimum Gasteiger partial charge on any atom is -0.494 e. The standard InChI is InChI=1S/C20H22N4O2/c1-3-26-16-5-4-15-12-22-20(17(15)11-16)14-6-7-21-18(10-14)24-9-8-23(2)19(25)13-24/h4-7,10-11H,3,8-9,12-13H2,1-2H3. The number of rotatable bonds is 4. The zero-order chi connectivity index (χ0) is 18.1. The van der Waals surface area contributed by atoms with E-state index >= 15 is 0 Å². The average Bonchev–Trinajstić information content (AvgIpc) is 3.08. The Balaban J connectivity index is 1.63. The maximum Gasteiger partial charge on any atom is 0.241 e. The van der Waals surface area contributed by atoms with Crippen molar-refractivity contribution in [1.82, 2.24) is 9.88 Å². The number of anilines is 1. The predicted molar refractivity (Wildman–Crippen MR) is 101 cm³/mol. The van der Waals surface area contributed by atoms with Crippen LogP contribution in [0.2, 0.25) is 0 Å². The highest BCUT2D eigenvalue weighted by atomic mass is 16.5. The van der Waals surface area contributed by atoms with E-state index in [0.29, 0.717) is 26.2 Å². The molecule has 0 N–H and O–H groups in total. The van der Waals surface area contributed by atoms with E-state index in [4.69, 9.17) is 9.73 Å². The van der Waals surface area contributed by atoms with E-state index < -0.39 is 0 Å². The van der Waals surface area contributed by atoms with Crippen LogP contribution in [0.4, 0.5) is 5.82 Å². The molecule has 0 aliphatic carbocycles. The molecular weight excluding hydrogens is 328 g/mol. The number of nitrogens with zero attached hydrogens (tertiary/aromatic N) is 4. The molecule has 26 heavy (non-hydrogen) atoms. The van der Waals surface area contributed by atoms with Gasteiger partial charge in [-0.15, -0.1) is 0 Å². The maximum absolute atomic E-state index is 12.0. The van der Waals surface area contributed by atoms with E-state index in [1.54, 1.807) is 11.1 Å². The van der Waals surface area contributed by atoms with Gasteiger partial charge in [0.25, 0.3) is 0 Å². The maximum atomic E-state index is 12.0. The molecule has 1 saturated heterocycles. The van der Waals surface area contributed by atoms with Crippen LogP contribution in [0.3, 0.4) is 0 Å². The summed E-state index contributed by atoms with van der Waals surface area (Å²) in [5.74, 6) is 1.80. The minimum absolute atomic E-state index is 0.119. The quantitative estimate of drug-likeness (QED) is 0.847. The number of pyridine rings is 1. The third-order valence-corrected chi connectivity index (χ3v) is 4.86. The summed E-state index contributed by atoms with van der Waals surface area (Å²) in [6.45, 7) is 5.17. The lowest BCUT2D eigenvalue weighted by Crippen LogP contribution is -2.48. The van der Waals surface area contributed by atoms with Crippen molar-refractivity contribution in [2.45, 2.75) is 13.5 Å². The first kappa shape index (κ1) is 16.6. The molecule has 2 aliphatic heterocycles. The molecule has 0 spiro atoms. The number of fused-ring (bicyclic) bond motifs is 1. The summed E-state index contributed by atoms with van der Waals surface area (Å²) in [6.07, 6.45) is 1.79. The Labute approximate surface area is 153 Å². The summed E-state index contributed by atoms with van der Waals surface area (Å²) in [5, 5.41) is 0. The zero-order valence-electron chi connectivity index (χ0n) is 15.1. The van der Waals surface area contributed by atoms with Crippen LogP contribution in [0.15, 0.2) is 41.5 Å². The highest BCUT2D eigenvalue weighted by Crippen LogP contribution is 2.28. The van der Waals surface area contributed by atoms with Crippen molar-refractivity contribution in [1.29, 1.82) is 0 Å². The molecule has 2 aromatic rings. The molecule has 0 unspecified atom stereocenters. The molecule has 134 valence electrons. The van der Waals surface area contributed by atoms with E-state index in [0.717, 1.165) is 35.0 Å². The summed E-state index contributed by atoms with van der Waals surface area (Å²) in [4.78, 5) is 25.0. The number of carbonyl (C=O) groups excluding carboxylic acids is 1. The second kappa shape index (κ2) is 6.78. The number of amides is 1. The van der Waals surface area contributed by atoms with Gasteiger partial charge in [-0.3, -0.25) is 9.79 Å². The molecule has 0 atom stereocenters. The summed E-state index contributed by atoms with van der Waals surface area (Å²) in [5.41, 5.74) is 4.30. The van der Waals surface area contributed by atoms with Gasteiger partial charge in [0, 0.05) is 37.5 Å². The fourth-order valence-corrected chi connectivity index (χ4v) is 3.36. The van der Waals surface area contributed by atoms with Crippen LogP contribution >= 0.6 is 0 Å². The van der Waals surface area contributed by atoms with Crippen molar-refractivity contribution in [3.8, 4) is 5.75 Å². The lowest BCUT2D eigenvalue weighted by Gasteiger charge is -2.32. The zero-order valence-corrected chi connectivity index (χ0v) is 15.1. The number of ether oxygens (including phenoxy) is 1. The SMILES string of the molecule is CCOc1ccc2c(c1)C(c1ccnc(N3CCN(C)C(=O)C3)c1)=NC2. The van der Waals surface area contributed by atoms with Crippen molar-refractivity contribution < 1.29 is 9.53 Å². The number of hydrogen-bond donors (Lipinski definition) is 0. The third kappa shape index (κ3) is 3.03. The van der Waals surface area contributed by atoms with Crippen LogP contribution in [-0.4, -0.2) is 54.8 Å². The van der Waals surface area contributed by atoms with Gasteiger partial charge in [0.05, 0.1) is 25.4 Å². The molecule has 1 aromatic heterocycles. The van der Waals surface area contributed by atoms with Crippen LogP contribution in [0.1, 0.15) is 23.6 Å². The van der Waals surface area contributed by atoms with Crippen molar-refractivity contribution in [2.75, 3.05) is 38.2 Å². The first-order valence-electron chi connectivity index (χ1n) is 8.91. The molecule has 1 aromatic carbocycles. The lowest BCUT2D eigenvalue weighted by atomic mass is 10.0.